The summed E-state index contributed by atoms with van der Waals surface area (Å²) in [5.74, 6) is 0.517. The van der Waals surface area contributed by atoms with Crippen LogP contribution in [-0.2, 0) is 0 Å². The van der Waals surface area contributed by atoms with Crippen LogP contribution < -0.4 is 10.1 Å². The first-order chi connectivity index (χ1) is 12.8. The highest BCUT2D eigenvalue weighted by atomic mass is 79.9. The Morgan fingerprint density at radius 3 is 2.68 bits per heavy atom. The van der Waals surface area contributed by atoms with Gasteiger partial charge in [0.25, 0.3) is 5.91 Å². The van der Waals surface area contributed by atoms with Crippen molar-refractivity contribution in [2.24, 2.45) is 0 Å². The normalized spacial score (nSPS) is 16.2. The van der Waals surface area contributed by atoms with E-state index in [-0.39, 0.29) is 43.5 Å². The van der Waals surface area contributed by atoms with E-state index in [4.69, 9.17) is 9.84 Å². The van der Waals surface area contributed by atoms with Crippen LogP contribution in [0.5, 0.6) is 5.75 Å². The zero-order valence-corrected chi connectivity index (χ0v) is 18.9. The van der Waals surface area contributed by atoms with Crippen molar-refractivity contribution in [3.8, 4) is 5.75 Å². The van der Waals surface area contributed by atoms with E-state index in [1.165, 1.54) is 7.05 Å². The van der Waals surface area contributed by atoms with E-state index >= 15 is 0 Å². The molecule has 158 valence electrons. The monoisotopic (exact) mass is 477 g/mol. The summed E-state index contributed by atoms with van der Waals surface area (Å²) in [5.41, 5.74) is 0.569. The molecule has 9 heteroatoms. The van der Waals surface area contributed by atoms with Gasteiger partial charge in [-0.15, -0.1) is 12.4 Å². The maximum absolute atomic E-state index is 13.2. The Kier molecular flexibility index (Phi) is 10.1. The minimum atomic E-state index is -1.00. The second kappa shape index (κ2) is 11.5. The van der Waals surface area contributed by atoms with Crippen molar-refractivity contribution in [1.82, 2.24) is 15.1 Å². The van der Waals surface area contributed by atoms with Gasteiger partial charge in [-0.25, -0.2) is 4.79 Å². The summed E-state index contributed by atoms with van der Waals surface area (Å²) in [6.45, 7) is 6.32. The van der Waals surface area contributed by atoms with Crippen molar-refractivity contribution < 1.29 is 19.4 Å². The average Bonchev–Trinajstić information content (AvgIpc) is 2.63. The smallest absolute Gasteiger partial charge is 0.407 e. The van der Waals surface area contributed by atoms with Crippen LogP contribution >= 0.6 is 28.3 Å². The molecule has 1 aromatic carbocycles. The van der Waals surface area contributed by atoms with Crippen LogP contribution in [0.2, 0.25) is 0 Å². The molecule has 1 fully saturated rings. The number of hydrogen-bond donors (Lipinski definition) is 2. The van der Waals surface area contributed by atoms with E-state index in [9.17, 15) is 9.59 Å². The van der Waals surface area contributed by atoms with Gasteiger partial charge in [-0.1, -0.05) is 0 Å². The van der Waals surface area contributed by atoms with Crippen molar-refractivity contribution in [2.45, 2.75) is 38.8 Å². The molecule has 0 bridgehead atoms. The molecule has 1 aliphatic heterocycles. The standard InChI is InChI=1S/C19H28BrN3O4.ClH/c1-13(2)23(15-5-4-8-21-12-15)18(24)14-6-7-16(20)17(11-14)27-10-9-22(3)19(25)26;/h6-7,11,13,15,21H,4-5,8-10,12H2,1-3H3,(H,25,26);1H/t15-;/m1./s1. The van der Waals surface area contributed by atoms with E-state index in [1.54, 1.807) is 18.2 Å². The van der Waals surface area contributed by atoms with Crippen LogP contribution in [0.25, 0.3) is 0 Å². The van der Waals surface area contributed by atoms with Gasteiger partial charge < -0.3 is 25.0 Å². The molecule has 0 spiro atoms. The molecule has 0 unspecified atom stereocenters. The molecule has 0 aliphatic carbocycles. The number of amides is 2. The summed E-state index contributed by atoms with van der Waals surface area (Å²) in [4.78, 5) is 27.1. The first-order valence-corrected chi connectivity index (χ1v) is 10.0. The molecule has 1 atom stereocenters. The SMILES string of the molecule is CC(C)N(C(=O)c1ccc(Br)c(OCCN(C)C(=O)O)c1)[C@@H]1CCCNC1.Cl. The molecule has 1 aliphatic rings. The maximum Gasteiger partial charge on any atom is 0.407 e. The highest BCUT2D eigenvalue weighted by Crippen LogP contribution is 2.28. The van der Waals surface area contributed by atoms with Crippen LogP contribution in [0.4, 0.5) is 4.79 Å². The molecule has 0 saturated carbocycles. The fourth-order valence-electron chi connectivity index (χ4n) is 3.18. The Bertz CT molecular complexity index is 669. The Labute approximate surface area is 180 Å². The highest BCUT2D eigenvalue weighted by molar-refractivity contribution is 9.10. The molecule has 2 rings (SSSR count). The zero-order valence-electron chi connectivity index (χ0n) is 16.5. The lowest BCUT2D eigenvalue weighted by Gasteiger charge is -2.37. The predicted molar refractivity (Wildman–Crippen MR) is 115 cm³/mol. The number of carbonyl (C=O) groups is 2. The molecule has 0 radical (unpaired) electrons. The van der Waals surface area contributed by atoms with Crippen molar-refractivity contribution in [2.75, 3.05) is 33.3 Å². The second-order valence-electron chi connectivity index (χ2n) is 7.00. The summed E-state index contributed by atoms with van der Waals surface area (Å²) in [7, 11) is 1.49. The van der Waals surface area contributed by atoms with Gasteiger partial charge in [0.05, 0.1) is 11.0 Å². The molecule has 1 saturated heterocycles. The Morgan fingerprint density at radius 1 is 1.39 bits per heavy atom. The highest BCUT2D eigenvalue weighted by Gasteiger charge is 2.28. The maximum atomic E-state index is 13.2. The molecule has 2 amide bonds. The molecule has 2 N–H and O–H groups in total. The number of nitrogens with one attached hydrogen (secondary N) is 1. The number of likely N-dealkylation sites (N-methyl/N-ethyl adjacent to an activating group) is 1. The predicted octanol–water partition coefficient (Wildman–Crippen LogP) is 3.46. The Balaban J connectivity index is 0.00000392. The molecule has 0 aromatic heterocycles. The number of carbonyl (C=O) groups excluding carboxylic acids is 1. The zero-order chi connectivity index (χ0) is 20.0. The van der Waals surface area contributed by atoms with Crippen molar-refractivity contribution in [3.05, 3.63) is 28.2 Å². The summed E-state index contributed by atoms with van der Waals surface area (Å²) >= 11 is 3.43. The van der Waals surface area contributed by atoms with Crippen LogP contribution in [0.3, 0.4) is 0 Å². The van der Waals surface area contributed by atoms with Gasteiger partial charge in [-0.2, -0.15) is 0 Å². The average molecular weight is 479 g/mol. The van der Waals surface area contributed by atoms with E-state index in [0.29, 0.717) is 11.3 Å². The molecule has 1 heterocycles. The van der Waals surface area contributed by atoms with E-state index in [2.05, 4.69) is 21.2 Å². The van der Waals surface area contributed by atoms with E-state index in [0.717, 1.165) is 35.3 Å². The van der Waals surface area contributed by atoms with Gasteiger partial charge in [0.15, 0.2) is 0 Å². The first kappa shape index (κ1) is 24.5. The quantitative estimate of drug-likeness (QED) is 0.627. The van der Waals surface area contributed by atoms with E-state index < -0.39 is 6.09 Å². The molecule has 28 heavy (non-hydrogen) atoms. The fraction of sp³-hybridized carbons (Fsp3) is 0.579. The van der Waals surface area contributed by atoms with Gasteiger partial charge in [-0.05, 0) is 67.4 Å². The molecule has 1 aromatic rings. The number of ether oxygens (including phenoxy) is 1. The molecular weight excluding hydrogens is 450 g/mol. The number of carboxylic acid groups (broad SMARTS) is 1. The number of nitrogens with zero attached hydrogens (tertiary/aromatic N) is 2. The van der Waals surface area contributed by atoms with Gasteiger partial charge >= 0.3 is 6.09 Å². The van der Waals surface area contributed by atoms with Gasteiger partial charge in [0.2, 0.25) is 0 Å². The third kappa shape index (κ3) is 6.53. The van der Waals surface area contributed by atoms with Crippen molar-refractivity contribution in [1.29, 1.82) is 0 Å². The van der Waals surface area contributed by atoms with E-state index in [1.807, 2.05) is 18.7 Å². The minimum absolute atomic E-state index is 0. The second-order valence-corrected chi connectivity index (χ2v) is 7.86. The largest absolute Gasteiger partial charge is 0.491 e. The summed E-state index contributed by atoms with van der Waals surface area (Å²) in [6, 6.07) is 5.58. The third-order valence-electron chi connectivity index (χ3n) is 4.64. The number of benzene rings is 1. The lowest BCUT2D eigenvalue weighted by atomic mass is 10.0. The first-order valence-electron chi connectivity index (χ1n) is 9.21. The minimum Gasteiger partial charge on any atom is -0.491 e. The fourth-order valence-corrected chi connectivity index (χ4v) is 3.54. The van der Waals surface area contributed by atoms with Gasteiger partial charge in [0.1, 0.15) is 12.4 Å². The van der Waals surface area contributed by atoms with Crippen molar-refractivity contribution in [3.63, 3.8) is 0 Å². The Hall–Kier alpha value is -1.51. The van der Waals surface area contributed by atoms with Crippen LogP contribution in [0.1, 0.15) is 37.0 Å². The third-order valence-corrected chi connectivity index (χ3v) is 5.30. The van der Waals surface area contributed by atoms with Crippen LogP contribution in [0.15, 0.2) is 22.7 Å². The number of halogens is 2. The topological polar surface area (TPSA) is 82.1 Å². The lowest BCUT2D eigenvalue weighted by Crippen LogP contribution is -2.51. The summed E-state index contributed by atoms with van der Waals surface area (Å²) < 4.78 is 6.43. The number of hydrogen-bond acceptors (Lipinski definition) is 4. The molecule has 7 nitrogen and oxygen atoms in total. The number of piperidine rings is 1. The molecular formula is C19H29BrClN3O4. The van der Waals surface area contributed by atoms with Crippen LogP contribution in [-0.4, -0.2) is 72.3 Å². The summed E-state index contributed by atoms with van der Waals surface area (Å²) in [6.07, 6.45) is 1.06. The van der Waals surface area contributed by atoms with Crippen LogP contribution in [0, 0.1) is 0 Å². The lowest BCUT2D eigenvalue weighted by molar-refractivity contribution is 0.0573. The van der Waals surface area contributed by atoms with Gasteiger partial charge in [0, 0.05) is 31.2 Å². The van der Waals surface area contributed by atoms with Gasteiger partial charge in [-0.3, -0.25) is 4.79 Å². The van der Waals surface area contributed by atoms with Crippen molar-refractivity contribution >= 4 is 40.3 Å². The number of rotatable bonds is 7. The Morgan fingerprint density at radius 2 is 2.11 bits per heavy atom. The summed E-state index contributed by atoms with van der Waals surface area (Å²) in [5, 5.41) is 12.3.